The Morgan fingerprint density at radius 1 is 1.43 bits per heavy atom. The topological polar surface area (TPSA) is 34.4 Å². The van der Waals surface area contributed by atoms with E-state index < -0.39 is 0 Å². The number of aromatic nitrogens is 2. The summed E-state index contributed by atoms with van der Waals surface area (Å²) in [5, 5.41) is 0. The predicted molar refractivity (Wildman–Crippen MR) is 55.6 cm³/mol. The van der Waals surface area contributed by atoms with E-state index in [1.165, 1.54) is 0 Å². The highest BCUT2D eigenvalue weighted by Gasteiger charge is 1.99. The van der Waals surface area contributed by atoms with Crippen LogP contribution >= 0.6 is 0 Å². The Labute approximate surface area is 82.0 Å². The number of aryl methyl sites for hydroxylation is 2. The third kappa shape index (κ3) is 1.41. The van der Waals surface area contributed by atoms with Gasteiger partial charge in [0.15, 0.2) is 0 Å². The fourth-order valence-electron chi connectivity index (χ4n) is 1.47. The molecule has 2 aromatic heterocycles. The molecule has 0 aliphatic rings. The van der Waals surface area contributed by atoms with Crippen LogP contribution in [0.1, 0.15) is 18.2 Å². The molecule has 3 nitrogen and oxygen atoms in total. The first-order chi connectivity index (χ1) is 6.70. The van der Waals surface area contributed by atoms with Gasteiger partial charge in [-0.1, -0.05) is 13.0 Å². The maximum absolute atomic E-state index is 11.6. The zero-order valence-corrected chi connectivity index (χ0v) is 8.32. The van der Waals surface area contributed by atoms with Crippen molar-refractivity contribution in [2.24, 2.45) is 0 Å². The van der Waals surface area contributed by atoms with Crippen LogP contribution in [0.25, 0.3) is 5.65 Å². The number of nitrogens with zero attached hydrogens (tertiary/aromatic N) is 2. The quantitative estimate of drug-likeness (QED) is 0.680. The van der Waals surface area contributed by atoms with E-state index in [0.717, 1.165) is 17.7 Å². The molecule has 0 fully saturated rings. The van der Waals surface area contributed by atoms with Crippen molar-refractivity contribution in [3.05, 3.63) is 46.0 Å². The van der Waals surface area contributed by atoms with Gasteiger partial charge in [-0.05, 0) is 25.0 Å². The number of rotatable bonds is 1. The first kappa shape index (κ1) is 8.94. The molecule has 0 amide bonds. The third-order valence-corrected chi connectivity index (χ3v) is 2.26. The Kier molecular flexibility index (Phi) is 2.08. The second-order valence-corrected chi connectivity index (χ2v) is 3.35. The van der Waals surface area contributed by atoms with Crippen molar-refractivity contribution in [2.75, 3.05) is 0 Å². The first-order valence-electron chi connectivity index (χ1n) is 4.69. The van der Waals surface area contributed by atoms with E-state index in [0.29, 0.717) is 5.65 Å². The van der Waals surface area contributed by atoms with Crippen molar-refractivity contribution in [3.63, 3.8) is 0 Å². The molecule has 2 rings (SSSR count). The molecule has 0 bridgehead atoms. The van der Waals surface area contributed by atoms with Crippen molar-refractivity contribution >= 4 is 5.65 Å². The lowest BCUT2D eigenvalue weighted by molar-refractivity contribution is 0.984. The molecule has 0 unspecified atom stereocenters. The van der Waals surface area contributed by atoms with E-state index in [4.69, 9.17) is 0 Å². The Morgan fingerprint density at radius 2 is 2.21 bits per heavy atom. The van der Waals surface area contributed by atoms with Gasteiger partial charge in [-0.25, -0.2) is 4.98 Å². The number of fused-ring (bicyclic) bond motifs is 1. The van der Waals surface area contributed by atoms with Crippen molar-refractivity contribution in [1.82, 2.24) is 9.38 Å². The van der Waals surface area contributed by atoms with Crippen LogP contribution in [-0.4, -0.2) is 9.38 Å². The highest BCUT2D eigenvalue weighted by atomic mass is 16.1. The largest absolute Gasteiger partial charge is 0.269 e. The van der Waals surface area contributed by atoms with Gasteiger partial charge in [-0.3, -0.25) is 9.20 Å². The van der Waals surface area contributed by atoms with Crippen LogP contribution in [0, 0.1) is 6.92 Å². The van der Waals surface area contributed by atoms with Crippen LogP contribution in [0.3, 0.4) is 0 Å². The predicted octanol–water partition coefficient (Wildman–Crippen LogP) is 1.57. The van der Waals surface area contributed by atoms with E-state index in [2.05, 4.69) is 11.9 Å². The molecular formula is C11H12N2O. The van der Waals surface area contributed by atoms with Crippen molar-refractivity contribution in [1.29, 1.82) is 0 Å². The summed E-state index contributed by atoms with van der Waals surface area (Å²) in [5.74, 6) is 0. The molecule has 3 heteroatoms. The summed E-state index contributed by atoms with van der Waals surface area (Å²) in [5.41, 5.74) is 2.61. The summed E-state index contributed by atoms with van der Waals surface area (Å²) in [6, 6.07) is 5.43. The Balaban J connectivity index is 2.82. The normalized spacial score (nSPS) is 10.7. The molecule has 0 atom stereocenters. The number of pyridine rings is 1. The summed E-state index contributed by atoms with van der Waals surface area (Å²) in [6.45, 7) is 3.89. The summed E-state index contributed by atoms with van der Waals surface area (Å²) < 4.78 is 1.59. The van der Waals surface area contributed by atoms with E-state index in [9.17, 15) is 4.79 Å². The smallest absolute Gasteiger partial charge is 0.258 e. The van der Waals surface area contributed by atoms with Gasteiger partial charge in [0.1, 0.15) is 5.65 Å². The highest BCUT2D eigenvalue weighted by molar-refractivity contribution is 5.39. The molecule has 72 valence electrons. The molecule has 0 saturated heterocycles. The Bertz CT molecular complexity index is 528. The minimum atomic E-state index is -0.0113. The SMILES string of the molecule is CCc1ccc2nc(C)cc(=O)n2c1. The van der Waals surface area contributed by atoms with Gasteiger partial charge in [0.25, 0.3) is 5.56 Å². The summed E-state index contributed by atoms with van der Waals surface area (Å²) >= 11 is 0. The maximum Gasteiger partial charge on any atom is 0.258 e. The van der Waals surface area contributed by atoms with Crippen molar-refractivity contribution in [3.8, 4) is 0 Å². The average Bonchev–Trinajstić information content (AvgIpc) is 2.17. The minimum Gasteiger partial charge on any atom is -0.269 e. The molecule has 2 aromatic rings. The summed E-state index contributed by atoms with van der Waals surface area (Å²) in [7, 11) is 0. The van der Waals surface area contributed by atoms with E-state index in [1.807, 2.05) is 25.3 Å². The third-order valence-electron chi connectivity index (χ3n) is 2.26. The minimum absolute atomic E-state index is 0.0113. The Morgan fingerprint density at radius 3 is 2.93 bits per heavy atom. The van der Waals surface area contributed by atoms with Crippen molar-refractivity contribution < 1.29 is 0 Å². The fraction of sp³-hybridized carbons (Fsp3) is 0.273. The van der Waals surface area contributed by atoms with Gasteiger partial charge >= 0.3 is 0 Å². The summed E-state index contributed by atoms with van der Waals surface area (Å²) in [4.78, 5) is 15.9. The zero-order valence-electron chi connectivity index (χ0n) is 8.32. The first-order valence-corrected chi connectivity index (χ1v) is 4.69. The monoisotopic (exact) mass is 188 g/mol. The van der Waals surface area contributed by atoms with Gasteiger partial charge in [0, 0.05) is 18.0 Å². The van der Waals surface area contributed by atoms with E-state index in [-0.39, 0.29) is 5.56 Å². The van der Waals surface area contributed by atoms with Gasteiger partial charge in [0.2, 0.25) is 0 Å². The van der Waals surface area contributed by atoms with Gasteiger partial charge < -0.3 is 0 Å². The molecular weight excluding hydrogens is 176 g/mol. The average molecular weight is 188 g/mol. The molecule has 0 N–H and O–H groups in total. The Hall–Kier alpha value is -1.64. The van der Waals surface area contributed by atoms with E-state index in [1.54, 1.807) is 10.5 Å². The van der Waals surface area contributed by atoms with Crippen LogP contribution in [0.15, 0.2) is 29.2 Å². The van der Waals surface area contributed by atoms with Crippen LogP contribution in [0.4, 0.5) is 0 Å². The molecule has 0 spiro atoms. The van der Waals surface area contributed by atoms with Gasteiger partial charge in [-0.2, -0.15) is 0 Å². The molecule has 14 heavy (non-hydrogen) atoms. The fourth-order valence-corrected chi connectivity index (χ4v) is 1.47. The zero-order chi connectivity index (χ0) is 10.1. The van der Waals surface area contributed by atoms with E-state index >= 15 is 0 Å². The summed E-state index contributed by atoms with van der Waals surface area (Å²) in [6.07, 6.45) is 2.78. The molecule has 0 radical (unpaired) electrons. The lowest BCUT2D eigenvalue weighted by Gasteiger charge is -2.02. The second kappa shape index (κ2) is 3.25. The van der Waals surface area contributed by atoms with Crippen LogP contribution in [0.2, 0.25) is 0 Å². The van der Waals surface area contributed by atoms with Crippen LogP contribution < -0.4 is 5.56 Å². The molecule has 0 aromatic carbocycles. The lowest BCUT2D eigenvalue weighted by atomic mass is 10.2. The molecule has 0 aliphatic carbocycles. The molecule has 0 saturated carbocycles. The molecule has 0 aliphatic heterocycles. The van der Waals surface area contributed by atoms with Gasteiger partial charge in [0.05, 0.1) is 0 Å². The lowest BCUT2D eigenvalue weighted by Crippen LogP contribution is -2.14. The highest BCUT2D eigenvalue weighted by Crippen LogP contribution is 2.03. The molecule has 2 heterocycles. The van der Waals surface area contributed by atoms with Crippen LogP contribution in [-0.2, 0) is 6.42 Å². The standard InChI is InChI=1S/C11H12N2O/c1-3-9-4-5-10-12-8(2)6-11(14)13(10)7-9/h4-7H,3H2,1-2H3. The second-order valence-electron chi connectivity index (χ2n) is 3.35. The number of hydrogen-bond acceptors (Lipinski definition) is 2. The number of hydrogen-bond donors (Lipinski definition) is 0. The van der Waals surface area contributed by atoms with Gasteiger partial charge in [-0.15, -0.1) is 0 Å². The van der Waals surface area contributed by atoms with Crippen molar-refractivity contribution in [2.45, 2.75) is 20.3 Å². The van der Waals surface area contributed by atoms with Crippen LogP contribution in [0.5, 0.6) is 0 Å². The maximum atomic E-state index is 11.6.